The van der Waals surface area contributed by atoms with Crippen LogP contribution in [-0.2, 0) is 6.42 Å². The SMILES string of the molecule is Fc1ccccc1-c1noc(CC2CCNC2)n1. The summed E-state index contributed by atoms with van der Waals surface area (Å²) in [6.45, 7) is 2.02. The van der Waals surface area contributed by atoms with Gasteiger partial charge in [0.05, 0.1) is 5.56 Å². The van der Waals surface area contributed by atoms with Crippen LogP contribution in [0.5, 0.6) is 0 Å². The lowest BCUT2D eigenvalue weighted by atomic mass is 10.1. The summed E-state index contributed by atoms with van der Waals surface area (Å²) < 4.78 is 18.7. The quantitative estimate of drug-likeness (QED) is 0.901. The maximum absolute atomic E-state index is 13.6. The lowest BCUT2D eigenvalue weighted by Crippen LogP contribution is -2.10. The second-order valence-electron chi connectivity index (χ2n) is 4.55. The standard InChI is InChI=1S/C13H14FN3O/c14-11-4-2-1-3-10(11)13-16-12(18-17-13)7-9-5-6-15-8-9/h1-4,9,15H,5-8H2. The number of benzene rings is 1. The van der Waals surface area contributed by atoms with E-state index in [9.17, 15) is 4.39 Å². The molecule has 1 N–H and O–H groups in total. The fourth-order valence-corrected chi connectivity index (χ4v) is 2.23. The van der Waals surface area contributed by atoms with Crippen molar-refractivity contribution in [3.05, 3.63) is 36.0 Å². The zero-order valence-electron chi connectivity index (χ0n) is 9.90. The van der Waals surface area contributed by atoms with Crippen molar-refractivity contribution in [3.8, 4) is 11.4 Å². The molecular formula is C13H14FN3O. The first kappa shape index (κ1) is 11.3. The third-order valence-electron chi connectivity index (χ3n) is 3.21. The molecule has 5 heteroatoms. The molecule has 1 aliphatic rings. The first-order chi connectivity index (χ1) is 8.83. The van der Waals surface area contributed by atoms with Crippen LogP contribution in [0.2, 0.25) is 0 Å². The van der Waals surface area contributed by atoms with Gasteiger partial charge in [-0.1, -0.05) is 17.3 Å². The number of nitrogens with zero attached hydrogens (tertiary/aromatic N) is 2. The lowest BCUT2D eigenvalue weighted by molar-refractivity contribution is 0.358. The topological polar surface area (TPSA) is 51.0 Å². The van der Waals surface area contributed by atoms with Crippen LogP contribution in [0.4, 0.5) is 4.39 Å². The second kappa shape index (κ2) is 4.86. The van der Waals surface area contributed by atoms with Crippen LogP contribution in [0.15, 0.2) is 28.8 Å². The van der Waals surface area contributed by atoms with E-state index in [4.69, 9.17) is 4.52 Å². The molecule has 1 aromatic heterocycles. The zero-order valence-corrected chi connectivity index (χ0v) is 9.90. The number of rotatable bonds is 3. The number of halogens is 1. The molecule has 18 heavy (non-hydrogen) atoms. The molecular weight excluding hydrogens is 233 g/mol. The highest BCUT2D eigenvalue weighted by atomic mass is 19.1. The molecule has 1 atom stereocenters. The molecule has 2 aromatic rings. The predicted octanol–water partition coefficient (Wildman–Crippen LogP) is 2.03. The van der Waals surface area contributed by atoms with Crippen molar-refractivity contribution in [1.82, 2.24) is 15.5 Å². The van der Waals surface area contributed by atoms with Crippen molar-refractivity contribution >= 4 is 0 Å². The first-order valence-electron chi connectivity index (χ1n) is 6.11. The first-order valence-corrected chi connectivity index (χ1v) is 6.11. The Bertz CT molecular complexity index is 535. The molecule has 1 unspecified atom stereocenters. The van der Waals surface area contributed by atoms with E-state index in [1.54, 1.807) is 18.2 Å². The molecule has 0 radical (unpaired) electrons. The van der Waals surface area contributed by atoms with Crippen LogP contribution in [0, 0.1) is 11.7 Å². The zero-order chi connectivity index (χ0) is 12.4. The van der Waals surface area contributed by atoms with Gasteiger partial charge in [-0.15, -0.1) is 0 Å². The van der Waals surface area contributed by atoms with Gasteiger partial charge >= 0.3 is 0 Å². The summed E-state index contributed by atoms with van der Waals surface area (Å²) in [6.07, 6.45) is 1.88. The van der Waals surface area contributed by atoms with E-state index in [1.165, 1.54) is 6.07 Å². The van der Waals surface area contributed by atoms with Crippen LogP contribution in [0.25, 0.3) is 11.4 Å². The summed E-state index contributed by atoms with van der Waals surface area (Å²) in [5, 5.41) is 7.13. The maximum Gasteiger partial charge on any atom is 0.227 e. The van der Waals surface area contributed by atoms with E-state index in [0.29, 0.717) is 23.2 Å². The van der Waals surface area contributed by atoms with Crippen molar-refractivity contribution in [3.63, 3.8) is 0 Å². The van der Waals surface area contributed by atoms with Gasteiger partial charge in [0.25, 0.3) is 0 Å². The molecule has 0 bridgehead atoms. The number of nitrogens with one attached hydrogen (secondary N) is 1. The fraction of sp³-hybridized carbons (Fsp3) is 0.385. The molecule has 1 saturated heterocycles. The summed E-state index contributed by atoms with van der Waals surface area (Å²) in [5.41, 5.74) is 0.386. The summed E-state index contributed by atoms with van der Waals surface area (Å²) in [4.78, 5) is 4.26. The molecule has 2 heterocycles. The largest absolute Gasteiger partial charge is 0.339 e. The van der Waals surface area contributed by atoms with Gasteiger partial charge in [0.15, 0.2) is 0 Å². The molecule has 3 rings (SSSR count). The Labute approximate surface area is 104 Å². The number of hydrogen-bond donors (Lipinski definition) is 1. The molecule has 1 fully saturated rings. The van der Waals surface area contributed by atoms with Gasteiger partial charge in [-0.05, 0) is 37.6 Å². The summed E-state index contributed by atoms with van der Waals surface area (Å²) in [7, 11) is 0. The maximum atomic E-state index is 13.6. The van der Waals surface area contributed by atoms with E-state index in [1.807, 2.05) is 0 Å². The number of aromatic nitrogens is 2. The van der Waals surface area contributed by atoms with E-state index in [-0.39, 0.29) is 5.82 Å². The minimum absolute atomic E-state index is 0.326. The van der Waals surface area contributed by atoms with Crippen LogP contribution in [0.3, 0.4) is 0 Å². The Morgan fingerprint density at radius 2 is 2.28 bits per heavy atom. The molecule has 4 nitrogen and oxygen atoms in total. The van der Waals surface area contributed by atoms with Crippen molar-refractivity contribution in [2.75, 3.05) is 13.1 Å². The van der Waals surface area contributed by atoms with Gasteiger partial charge in [-0.2, -0.15) is 4.98 Å². The van der Waals surface area contributed by atoms with Crippen LogP contribution >= 0.6 is 0 Å². The Hall–Kier alpha value is -1.75. The van der Waals surface area contributed by atoms with E-state index < -0.39 is 0 Å². The molecule has 0 spiro atoms. The predicted molar refractivity (Wildman–Crippen MR) is 64.4 cm³/mol. The Kier molecular flexibility index (Phi) is 3.06. The fourth-order valence-electron chi connectivity index (χ4n) is 2.23. The van der Waals surface area contributed by atoms with Crippen LogP contribution in [0.1, 0.15) is 12.3 Å². The molecule has 0 aliphatic carbocycles. The smallest absolute Gasteiger partial charge is 0.227 e. The molecule has 0 amide bonds. The minimum Gasteiger partial charge on any atom is -0.339 e. The highest BCUT2D eigenvalue weighted by Crippen LogP contribution is 2.21. The summed E-state index contributed by atoms with van der Waals surface area (Å²) >= 11 is 0. The van der Waals surface area contributed by atoms with Gasteiger partial charge in [-0.3, -0.25) is 0 Å². The Morgan fingerprint density at radius 1 is 1.39 bits per heavy atom. The normalized spacial score (nSPS) is 19.3. The number of hydrogen-bond acceptors (Lipinski definition) is 4. The Balaban J connectivity index is 1.79. The van der Waals surface area contributed by atoms with Crippen molar-refractivity contribution in [1.29, 1.82) is 0 Å². The van der Waals surface area contributed by atoms with Gasteiger partial charge < -0.3 is 9.84 Å². The lowest BCUT2D eigenvalue weighted by Gasteiger charge is -2.01. The highest BCUT2D eigenvalue weighted by Gasteiger charge is 2.19. The van der Waals surface area contributed by atoms with Crippen molar-refractivity contribution < 1.29 is 8.91 Å². The second-order valence-corrected chi connectivity index (χ2v) is 4.55. The van der Waals surface area contributed by atoms with Gasteiger partial charge in [0, 0.05) is 6.42 Å². The molecule has 1 aromatic carbocycles. The third-order valence-corrected chi connectivity index (χ3v) is 3.21. The van der Waals surface area contributed by atoms with Gasteiger partial charge in [0.1, 0.15) is 5.82 Å². The van der Waals surface area contributed by atoms with Gasteiger partial charge in [0.2, 0.25) is 11.7 Å². The van der Waals surface area contributed by atoms with Crippen LogP contribution in [-0.4, -0.2) is 23.2 Å². The average molecular weight is 247 g/mol. The van der Waals surface area contributed by atoms with Gasteiger partial charge in [-0.25, -0.2) is 4.39 Å². The van der Waals surface area contributed by atoms with Crippen molar-refractivity contribution in [2.24, 2.45) is 5.92 Å². The Morgan fingerprint density at radius 3 is 3.06 bits per heavy atom. The van der Waals surface area contributed by atoms with Crippen molar-refractivity contribution in [2.45, 2.75) is 12.8 Å². The van der Waals surface area contributed by atoms with Crippen LogP contribution < -0.4 is 5.32 Å². The van der Waals surface area contributed by atoms with E-state index in [0.717, 1.165) is 25.9 Å². The summed E-state index contributed by atoms with van der Waals surface area (Å²) in [6, 6.07) is 6.45. The summed E-state index contributed by atoms with van der Waals surface area (Å²) in [5.74, 6) is 1.13. The third kappa shape index (κ3) is 2.26. The van der Waals surface area contributed by atoms with E-state index >= 15 is 0 Å². The molecule has 0 saturated carbocycles. The monoisotopic (exact) mass is 247 g/mol. The van der Waals surface area contributed by atoms with E-state index in [2.05, 4.69) is 15.5 Å². The molecule has 94 valence electrons. The molecule has 1 aliphatic heterocycles. The highest BCUT2D eigenvalue weighted by molar-refractivity contribution is 5.54. The average Bonchev–Trinajstić information content (AvgIpc) is 3.02. The minimum atomic E-state index is -0.326.